The average Bonchev–Trinajstić information content (AvgIpc) is 2.57. The molecule has 0 bridgehead atoms. The maximum Gasteiger partial charge on any atom is 0.248 e. The lowest BCUT2D eigenvalue weighted by Crippen LogP contribution is -2.11. The van der Waals surface area contributed by atoms with Crippen molar-refractivity contribution in [2.75, 3.05) is 0 Å². The van der Waals surface area contributed by atoms with Crippen LogP contribution in [0.5, 0.6) is 0 Å². The summed E-state index contributed by atoms with van der Waals surface area (Å²) in [5.74, 6) is -3.10. The first-order chi connectivity index (χ1) is 8.37. The van der Waals surface area contributed by atoms with Gasteiger partial charge in [-0.05, 0) is 59.0 Å². The van der Waals surface area contributed by atoms with Crippen molar-refractivity contribution in [2.24, 2.45) is 5.92 Å². The number of alkyl halides is 2. The first-order valence-electron chi connectivity index (χ1n) is 5.88. The monoisotopic (exact) mass is 370 g/mol. The molecule has 1 nitrogen and oxygen atoms in total. The van der Waals surface area contributed by atoms with Gasteiger partial charge in [0.25, 0.3) is 0 Å². The van der Waals surface area contributed by atoms with Gasteiger partial charge < -0.3 is 5.11 Å². The number of aliphatic hydroxyl groups is 1. The lowest BCUT2D eigenvalue weighted by atomic mass is 9.95. The topological polar surface area (TPSA) is 20.2 Å². The minimum Gasteiger partial charge on any atom is -0.388 e. The predicted molar refractivity (Wildman–Crippen MR) is 71.0 cm³/mol. The normalized spacial score (nSPS) is 24.2. The van der Waals surface area contributed by atoms with E-state index < -0.39 is 12.0 Å². The molecule has 0 radical (unpaired) electrons. The van der Waals surface area contributed by atoms with E-state index in [4.69, 9.17) is 0 Å². The Balaban J connectivity index is 2.02. The Morgan fingerprint density at radius 2 is 2.17 bits per heavy atom. The van der Waals surface area contributed by atoms with Crippen molar-refractivity contribution in [2.45, 2.75) is 37.7 Å². The lowest BCUT2D eigenvalue weighted by Gasteiger charge is -2.17. The molecule has 0 aliphatic heterocycles. The fraction of sp³-hybridized carbons (Fsp3) is 0.538. The van der Waals surface area contributed by atoms with Gasteiger partial charge in [-0.25, -0.2) is 13.2 Å². The van der Waals surface area contributed by atoms with E-state index in [0.29, 0.717) is 22.0 Å². The molecule has 0 heterocycles. The minimum absolute atomic E-state index is 0.0924. The molecule has 1 fully saturated rings. The smallest absolute Gasteiger partial charge is 0.248 e. The van der Waals surface area contributed by atoms with Crippen molar-refractivity contribution in [3.63, 3.8) is 0 Å². The average molecular weight is 370 g/mol. The van der Waals surface area contributed by atoms with E-state index in [2.05, 4.69) is 0 Å². The number of hydrogen-bond donors (Lipinski definition) is 1. The van der Waals surface area contributed by atoms with E-state index >= 15 is 0 Å². The highest BCUT2D eigenvalue weighted by molar-refractivity contribution is 14.1. The van der Waals surface area contributed by atoms with Crippen LogP contribution in [0.2, 0.25) is 0 Å². The van der Waals surface area contributed by atoms with Crippen LogP contribution in [-0.4, -0.2) is 11.0 Å². The molecule has 2 unspecified atom stereocenters. The molecule has 1 saturated carbocycles. The molecular weight excluding hydrogens is 356 g/mol. The van der Waals surface area contributed by atoms with E-state index in [9.17, 15) is 18.3 Å². The SMILES string of the molecule is OC(CC1CCC(F)(F)C1)c1ccc(F)cc1I. The summed E-state index contributed by atoms with van der Waals surface area (Å²) in [7, 11) is 0. The van der Waals surface area contributed by atoms with Crippen molar-refractivity contribution < 1.29 is 18.3 Å². The van der Waals surface area contributed by atoms with Crippen LogP contribution >= 0.6 is 22.6 Å². The number of hydrogen-bond acceptors (Lipinski definition) is 1. The van der Waals surface area contributed by atoms with Gasteiger partial charge in [0, 0.05) is 16.4 Å². The van der Waals surface area contributed by atoms with Gasteiger partial charge in [0.1, 0.15) is 5.82 Å². The van der Waals surface area contributed by atoms with Crippen molar-refractivity contribution in [1.82, 2.24) is 0 Å². The fourth-order valence-electron chi connectivity index (χ4n) is 2.46. The van der Waals surface area contributed by atoms with Crippen LogP contribution in [0.1, 0.15) is 37.4 Å². The maximum absolute atomic E-state index is 13.0. The van der Waals surface area contributed by atoms with E-state index in [-0.39, 0.29) is 24.6 Å². The summed E-state index contributed by atoms with van der Waals surface area (Å²) in [5.41, 5.74) is 0.618. The van der Waals surface area contributed by atoms with Gasteiger partial charge in [-0.15, -0.1) is 0 Å². The summed E-state index contributed by atoms with van der Waals surface area (Å²) in [6.07, 6.45) is -0.275. The van der Waals surface area contributed by atoms with Gasteiger partial charge in [-0.3, -0.25) is 0 Å². The Labute approximate surface area is 118 Å². The molecule has 0 saturated heterocycles. The molecule has 100 valence electrons. The zero-order valence-corrected chi connectivity index (χ0v) is 11.8. The van der Waals surface area contributed by atoms with Crippen LogP contribution in [0.15, 0.2) is 18.2 Å². The quantitative estimate of drug-likeness (QED) is 0.788. The van der Waals surface area contributed by atoms with Crippen LogP contribution < -0.4 is 0 Å². The zero-order chi connectivity index (χ0) is 13.3. The molecule has 1 aromatic rings. The van der Waals surface area contributed by atoms with Crippen molar-refractivity contribution >= 4 is 22.6 Å². The van der Waals surface area contributed by atoms with E-state index in [0.717, 1.165) is 0 Å². The second kappa shape index (κ2) is 5.36. The summed E-state index contributed by atoms with van der Waals surface area (Å²) in [6, 6.07) is 4.14. The van der Waals surface area contributed by atoms with E-state index in [1.165, 1.54) is 18.2 Å². The summed E-state index contributed by atoms with van der Waals surface area (Å²) in [4.78, 5) is 0. The van der Waals surface area contributed by atoms with Gasteiger partial charge in [0.05, 0.1) is 6.10 Å². The third-order valence-electron chi connectivity index (χ3n) is 3.38. The first kappa shape index (κ1) is 14.1. The summed E-state index contributed by atoms with van der Waals surface area (Å²) in [5, 5.41) is 10.1. The second-order valence-electron chi connectivity index (χ2n) is 4.88. The first-order valence-corrected chi connectivity index (χ1v) is 6.96. The Hall–Kier alpha value is -0.300. The van der Waals surface area contributed by atoms with Crippen molar-refractivity contribution in [3.8, 4) is 0 Å². The zero-order valence-electron chi connectivity index (χ0n) is 9.67. The molecule has 0 amide bonds. The Bertz CT molecular complexity index is 436. The van der Waals surface area contributed by atoms with Gasteiger partial charge >= 0.3 is 0 Å². The molecule has 1 aliphatic rings. The van der Waals surface area contributed by atoms with E-state index in [1.54, 1.807) is 0 Å². The lowest BCUT2D eigenvalue weighted by molar-refractivity contribution is 0.00253. The molecule has 18 heavy (non-hydrogen) atoms. The highest BCUT2D eigenvalue weighted by Gasteiger charge is 2.40. The molecule has 1 aliphatic carbocycles. The molecule has 5 heteroatoms. The van der Waals surface area contributed by atoms with Crippen LogP contribution in [-0.2, 0) is 0 Å². The molecule has 0 aromatic heterocycles. The standard InChI is InChI=1S/C13H14F3IO/c14-9-1-2-10(11(17)6-9)12(18)5-8-3-4-13(15,16)7-8/h1-2,6,8,12,18H,3-5,7H2. The third kappa shape index (κ3) is 3.38. The van der Waals surface area contributed by atoms with Gasteiger partial charge in [0.15, 0.2) is 0 Å². The van der Waals surface area contributed by atoms with Crippen molar-refractivity contribution in [3.05, 3.63) is 33.1 Å². The maximum atomic E-state index is 13.0. The largest absolute Gasteiger partial charge is 0.388 e. The molecule has 2 rings (SSSR count). The summed E-state index contributed by atoms with van der Waals surface area (Å²) in [6.45, 7) is 0. The molecule has 0 spiro atoms. The Morgan fingerprint density at radius 1 is 1.44 bits per heavy atom. The van der Waals surface area contributed by atoms with E-state index in [1.807, 2.05) is 22.6 Å². The van der Waals surface area contributed by atoms with Crippen LogP contribution in [0.25, 0.3) is 0 Å². The number of rotatable bonds is 3. The van der Waals surface area contributed by atoms with Crippen molar-refractivity contribution in [1.29, 1.82) is 0 Å². The third-order valence-corrected chi connectivity index (χ3v) is 4.32. The van der Waals surface area contributed by atoms with Gasteiger partial charge in [-0.2, -0.15) is 0 Å². The van der Waals surface area contributed by atoms with Crippen LogP contribution in [0.4, 0.5) is 13.2 Å². The summed E-state index contributed by atoms with van der Waals surface area (Å²) >= 11 is 1.95. The molecular formula is C13H14F3IO. The predicted octanol–water partition coefficient (Wildman–Crippen LogP) is 4.29. The highest BCUT2D eigenvalue weighted by Crippen LogP contribution is 2.42. The van der Waals surface area contributed by atoms with Gasteiger partial charge in [0.2, 0.25) is 5.92 Å². The summed E-state index contributed by atoms with van der Waals surface area (Å²) < 4.78 is 39.7. The number of halogens is 4. The molecule has 1 aromatic carbocycles. The Morgan fingerprint density at radius 3 is 2.72 bits per heavy atom. The fourth-order valence-corrected chi connectivity index (χ4v) is 3.29. The highest BCUT2D eigenvalue weighted by atomic mass is 127. The van der Waals surface area contributed by atoms with Gasteiger partial charge in [-0.1, -0.05) is 6.07 Å². The van der Waals surface area contributed by atoms with Crippen LogP contribution in [0, 0.1) is 15.3 Å². The minimum atomic E-state index is -2.58. The number of aliphatic hydroxyl groups excluding tert-OH is 1. The number of benzene rings is 1. The molecule has 2 atom stereocenters. The Kier molecular flexibility index (Phi) is 4.21. The molecule has 1 N–H and O–H groups in total. The second-order valence-corrected chi connectivity index (χ2v) is 6.04. The van der Waals surface area contributed by atoms with Crippen LogP contribution in [0.3, 0.4) is 0 Å².